The number of hydrogen-bond donors (Lipinski definition) is 2. The smallest absolute Gasteiger partial charge is 0.341 e. The lowest BCUT2D eigenvalue weighted by molar-refractivity contribution is 0.0698. The number of rotatable bonds is 5. The molecule has 0 atom stereocenters. The van der Waals surface area contributed by atoms with E-state index in [2.05, 4.69) is 5.10 Å². The van der Waals surface area contributed by atoms with Gasteiger partial charge < -0.3 is 15.6 Å². The molecular weight excluding hydrogens is 186 g/mol. The Hall–Kier alpha value is -1.56. The molecule has 0 aliphatic heterocycles. The van der Waals surface area contributed by atoms with Gasteiger partial charge in [-0.3, -0.25) is 0 Å². The average molecular weight is 199 g/mol. The largest absolute Gasteiger partial charge is 0.477 e. The van der Waals surface area contributed by atoms with Crippen molar-refractivity contribution in [3.8, 4) is 0 Å². The van der Waals surface area contributed by atoms with E-state index in [1.807, 2.05) is 0 Å². The number of ether oxygens (including phenoxy) is 1. The summed E-state index contributed by atoms with van der Waals surface area (Å²) in [6.45, 7) is 1.16. The Labute approximate surface area is 81.3 Å². The highest BCUT2D eigenvalue weighted by molar-refractivity contribution is 5.92. The lowest BCUT2D eigenvalue weighted by atomic mass is 10.3. The maximum atomic E-state index is 10.6. The van der Waals surface area contributed by atoms with Crippen LogP contribution in [-0.2, 0) is 11.3 Å². The molecule has 3 N–H and O–H groups in total. The van der Waals surface area contributed by atoms with Gasteiger partial charge in [-0.05, 0) is 6.42 Å². The van der Waals surface area contributed by atoms with Gasteiger partial charge in [0.25, 0.3) is 0 Å². The van der Waals surface area contributed by atoms with Gasteiger partial charge >= 0.3 is 5.97 Å². The van der Waals surface area contributed by atoms with Crippen LogP contribution in [0.15, 0.2) is 6.20 Å². The highest BCUT2D eigenvalue weighted by atomic mass is 16.5. The minimum absolute atomic E-state index is 0.0439. The summed E-state index contributed by atoms with van der Waals surface area (Å²) < 4.78 is 6.32. The zero-order valence-corrected chi connectivity index (χ0v) is 7.93. The van der Waals surface area contributed by atoms with Gasteiger partial charge in [-0.2, -0.15) is 5.10 Å². The molecule has 0 bridgehead atoms. The SMILES string of the molecule is COCCCn1ncc(C(=O)O)c1N. The number of carboxylic acid groups (broad SMARTS) is 1. The van der Waals surface area contributed by atoms with Gasteiger partial charge in [0.2, 0.25) is 0 Å². The van der Waals surface area contributed by atoms with E-state index in [-0.39, 0.29) is 11.4 Å². The molecule has 1 aromatic rings. The molecule has 0 radical (unpaired) electrons. The van der Waals surface area contributed by atoms with Crippen molar-refractivity contribution in [1.29, 1.82) is 0 Å². The molecule has 0 aliphatic rings. The fourth-order valence-electron chi connectivity index (χ4n) is 1.10. The van der Waals surface area contributed by atoms with Crippen LogP contribution in [-0.4, -0.2) is 34.6 Å². The molecule has 0 aromatic carbocycles. The number of carboxylic acids is 1. The number of aromatic nitrogens is 2. The summed E-state index contributed by atoms with van der Waals surface area (Å²) in [5.41, 5.74) is 5.61. The number of nitrogens with two attached hydrogens (primary N) is 1. The van der Waals surface area contributed by atoms with E-state index in [9.17, 15) is 4.79 Å². The number of aryl methyl sites for hydroxylation is 1. The number of nitrogen functional groups attached to an aromatic ring is 1. The Kier molecular flexibility index (Phi) is 3.47. The fourth-order valence-corrected chi connectivity index (χ4v) is 1.10. The number of nitrogens with zero attached hydrogens (tertiary/aromatic N) is 2. The standard InChI is InChI=1S/C8H13N3O3/c1-14-4-2-3-11-7(9)6(5-10-11)8(12)13/h5H,2-4,9H2,1H3,(H,12,13). The Balaban J connectivity index is 2.65. The molecule has 78 valence electrons. The van der Waals surface area contributed by atoms with E-state index in [4.69, 9.17) is 15.6 Å². The number of anilines is 1. The van der Waals surface area contributed by atoms with Crippen LogP contribution in [0.5, 0.6) is 0 Å². The van der Waals surface area contributed by atoms with Gasteiger partial charge in [-0.15, -0.1) is 0 Å². The number of carbonyl (C=O) groups is 1. The predicted molar refractivity (Wildman–Crippen MR) is 50.1 cm³/mol. The van der Waals surface area contributed by atoms with Gasteiger partial charge in [0.1, 0.15) is 11.4 Å². The van der Waals surface area contributed by atoms with Crippen molar-refractivity contribution in [3.05, 3.63) is 11.8 Å². The summed E-state index contributed by atoms with van der Waals surface area (Å²) in [4.78, 5) is 10.6. The van der Waals surface area contributed by atoms with Crippen LogP contribution in [0, 0.1) is 0 Å². The van der Waals surface area contributed by atoms with Crippen molar-refractivity contribution in [2.24, 2.45) is 0 Å². The Morgan fingerprint density at radius 2 is 2.50 bits per heavy atom. The zero-order chi connectivity index (χ0) is 10.6. The second-order valence-electron chi connectivity index (χ2n) is 2.82. The molecule has 0 aliphatic carbocycles. The van der Waals surface area contributed by atoms with Crippen LogP contribution in [0.2, 0.25) is 0 Å². The third-order valence-corrected chi connectivity index (χ3v) is 1.83. The normalized spacial score (nSPS) is 10.4. The molecule has 6 heteroatoms. The minimum atomic E-state index is -1.06. The zero-order valence-electron chi connectivity index (χ0n) is 7.93. The van der Waals surface area contributed by atoms with E-state index >= 15 is 0 Å². The highest BCUT2D eigenvalue weighted by Crippen LogP contribution is 2.10. The van der Waals surface area contributed by atoms with Crippen LogP contribution in [0.1, 0.15) is 16.8 Å². The van der Waals surface area contributed by atoms with Crippen LogP contribution >= 0.6 is 0 Å². The molecule has 0 unspecified atom stereocenters. The molecule has 1 heterocycles. The van der Waals surface area contributed by atoms with Crippen molar-refractivity contribution < 1.29 is 14.6 Å². The first-order chi connectivity index (χ1) is 6.66. The van der Waals surface area contributed by atoms with Crippen molar-refractivity contribution >= 4 is 11.8 Å². The monoisotopic (exact) mass is 199 g/mol. The number of aromatic carboxylic acids is 1. The first kappa shape index (κ1) is 10.5. The Morgan fingerprint density at radius 1 is 1.79 bits per heavy atom. The maximum Gasteiger partial charge on any atom is 0.341 e. The van der Waals surface area contributed by atoms with Crippen LogP contribution in [0.4, 0.5) is 5.82 Å². The molecule has 0 spiro atoms. The first-order valence-electron chi connectivity index (χ1n) is 4.20. The van der Waals surface area contributed by atoms with E-state index in [1.54, 1.807) is 7.11 Å². The van der Waals surface area contributed by atoms with Gasteiger partial charge in [-0.25, -0.2) is 9.48 Å². The van der Waals surface area contributed by atoms with E-state index in [0.717, 1.165) is 6.42 Å². The molecule has 0 saturated carbocycles. The first-order valence-corrected chi connectivity index (χ1v) is 4.20. The van der Waals surface area contributed by atoms with Gasteiger partial charge in [-0.1, -0.05) is 0 Å². The number of methoxy groups -OCH3 is 1. The third-order valence-electron chi connectivity index (χ3n) is 1.83. The minimum Gasteiger partial charge on any atom is -0.477 e. The molecule has 14 heavy (non-hydrogen) atoms. The van der Waals surface area contributed by atoms with E-state index in [1.165, 1.54) is 10.9 Å². The second kappa shape index (κ2) is 4.61. The third kappa shape index (κ3) is 2.23. The van der Waals surface area contributed by atoms with Crippen molar-refractivity contribution in [2.45, 2.75) is 13.0 Å². The Bertz CT molecular complexity index is 322. The quantitative estimate of drug-likeness (QED) is 0.661. The summed E-state index contributed by atoms with van der Waals surface area (Å²) in [7, 11) is 1.61. The van der Waals surface area contributed by atoms with Crippen LogP contribution in [0.3, 0.4) is 0 Å². The molecule has 1 rings (SSSR count). The lowest BCUT2D eigenvalue weighted by Crippen LogP contribution is -2.08. The lowest BCUT2D eigenvalue weighted by Gasteiger charge is -2.03. The summed E-state index contributed by atoms with van der Waals surface area (Å²) >= 11 is 0. The average Bonchev–Trinajstić information content (AvgIpc) is 2.48. The fraction of sp³-hybridized carbons (Fsp3) is 0.500. The molecule has 0 fully saturated rings. The van der Waals surface area contributed by atoms with Gasteiger partial charge in [0.05, 0.1) is 6.20 Å². The van der Waals surface area contributed by atoms with E-state index in [0.29, 0.717) is 13.2 Å². The highest BCUT2D eigenvalue weighted by Gasteiger charge is 2.12. The molecule has 0 saturated heterocycles. The van der Waals surface area contributed by atoms with Crippen LogP contribution < -0.4 is 5.73 Å². The summed E-state index contributed by atoms with van der Waals surface area (Å²) in [5, 5.41) is 12.6. The summed E-state index contributed by atoms with van der Waals surface area (Å²) in [6.07, 6.45) is 2.01. The summed E-state index contributed by atoms with van der Waals surface area (Å²) in [6, 6.07) is 0. The predicted octanol–water partition coefficient (Wildman–Crippen LogP) is 0.200. The van der Waals surface area contributed by atoms with Crippen molar-refractivity contribution in [1.82, 2.24) is 9.78 Å². The molecule has 6 nitrogen and oxygen atoms in total. The van der Waals surface area contributed by atoms with E-state index < -0.39 is 5.97 Å². The van der Waals surface area contributed by atoms with Gasteiger partial charge in [0, 0.05) is 20.3 Å². The second-order valence-corrected chi connectivity index (χ2v) is 2.82. The topological polar surface area (TPSA) is 90.4 Å². The Morgan fingerprint density at radius 3 is 3.00 bits per heavy atom. The summed E-state index contributed by atoms with van der Waals surface area (Å²) in [5.74, 6) is -0.867. The van der Waals surface area contributed by atoms with Crippen LogP contribution in [0.25, 0.3) is 0 Å². The van der Waals surface area contributed by atoms with Crippen molar-refractivity contribution in [2.75, 3.05) is 19.5 Å². The van der Waals surface area contributed by atoms with Gasteiger partial charge in [0.15, 0.2) is 0 Å². The molecule has 1 aromatic heterocycles. The molecular formula is C8H13N3O3. The number of hydrogen-bond acceptors (Lipinski definition) is 4. The molecule has 0 amide bonds. The maximum absolute atomic E-state index is 10.6. The van der Waals surface area contributed by atoms with Crippen molar-refractivity contribution in [3.63, 3.8) is 0 Å².